The van der Waals surface area contributed by atoms with Gasteiger partial charge in [-0.15, -0.1) is 0 Å². The fraction of sp³-hybridized carbons (Fsp3) is 0.304. The second-order valence-electron chi connectivity index (χ2n) is 7.20. The molecule has 2 amide bonds. The van der Waals surface area contributed by atoms with E-state index in [2.05, 4.69) is 24.1 Å². The first-order valence-electron chi connectivity index (χ1n) is 9.41. The van der Waals surface area contributed by atoms with Gasteiger partial charge < -0.3 is 4.90 Å². The molecule has 1 aliphatic rings. The minimum Gasteiger partial charge on any atom is -0.368 e. The lowest BCUT2D eigenvalue weighted by molar-refractivity contribution is -0.127. The van der Waals surface area contributed by atoms with Crippen LogP contribution in [0.3, 0.4) is 0 Å². The van der Waals surface area contributed by atoms with Crippen LogP contribution in [0.4, 0.5) is 0 Å². The van der Waals surface area contributed by atoms with E-state index < -0.39 is 0 Å². The number of rotatable bonds is 5. The zero-order valence-corrected chi connectivity index (χ0v) is 16.2. The molecule has 140 valence electrons. The Morgan fingerprint density at radius 2 is 1.70 bits per heavy atom. The van der Waals surface area contributed by atoms with E-state index in [9.17, 15) is 9.59 Å². The molecule has 0 saturated heterocycles. The molecule has 0 unspecified atom stereocenters. The smallest absolute Gasteiger partial charge is 0.260 e. The monoisotopic (exact) mass is 362 g/mol. The molecule has 0 atom stereocenters. The van der Waals surface area contributed by atoms with Crippen LogP contribution in [0.25, 0.3) is 5.57 Å². The van der Waals surface area contributed by atoms with Gasteiger partial charge in [0.2, 0.25) is 5.91 Å². The van der Waals surface area contributed by atoms with E-state index >= 15 is 0 Å². The van der Waals surface area contributed by atoms with Crippen LogP contribution in [0.1, 0.15) is 43.9 Å². The van der Waals surface area contributed by atoms with Crippen molar-refractivity contribution in [3.05, 3.63) is 77.0 Å². The maximum absolute atomic E-state index is 12.9. The van der Waals surface area contributed by atoms with Crippen LogP contribution in [0, 0.1) is 0 Å². The first-order valence-corrected chi connectivity index (χ1v) is 9.41. The van der Waals surface area contributed by atoms with Crippen LogP contribution in [0.15, 0.2) is 60.3 Å². The average Bonchev–Trinajstić information content (AvgIpc) is 2.66. The van der Waals surface area contributed by atoms with Crippen molar-refractivity contribution in [2.45, 2.75) is 46.2 Å². The summed E-state index contributed by atoms with van der Waals surface area (Å²) in [5.74, 6) is -0.563. The zero-order valence-electron chi connectivity index (χ0n) is 16.2. The molecule has 0 fully saturated rings. The van der Waals surface area contributed by atoms with Crippen LogP contribution in [-0.4, -0.2) is 22.8 Å². The summed E-state index contributed by atoms with van der Waals surface area (Å²) >= 11 is 0. The Kier molecular flexibility index (Phi) is 5.75. The van der Waals surface area contributed by atoms with Gasteiger partial charge in [0.25, 0.3) is 5.91 Å². The van der Waals surface area contributed by atoms with E-state index in [4.69, 9.17) is 0 Å². The average molecular weight is 362 g/mol. The summed E-state index contributed by atoms with van der Waals surface area (Å²) < 4.78 is 0. The molecule has 0 bridgehead atoms. The minimum atomic E-state index is -0.316. The van der Waals surface area contributed by atoms with Gasteiger partial charge in [0.15, 0.2) is 0 Å². The molecule has 1 heterocycles. The third-order valence-corrected chi connectivity index (χ3v) is 5.01. The molecule has 0 saturated carbocycles. The summed E-state index contributed by atoms with van der Waals surface area (Å²) in [7, 11) is 0. The lowest BCUT2D eigenvalue weighted by Gasteiger charge is -2.36. The van der Waals surface area contributed by atoms with E-state index in [1.54, 1.807) is 0 Å². The van der Waals surface area contributed by atoms with Gasteiger partial charge in [0.1, 0.15) is 0 Å². The fourth-order valence-corrected chi connectivity index (χ4v) is 3.55. The van der Waals surface area contributed by atoms with Crippen LogP contribution in [0.5, 0.6) is 0 Å². The number of fused-ring (bicyclic) bond motifs is 1. The lowest BCUT2D eigenvalue weighted by atomic mass is 9.92. The topological polar surface area (TPSA) is 49.4 Å². The SMILES string of the molecule is CC1=C(C(=O)NC(=O)CCc2ccccc2)c2ccccc2CN1C(C)C. The molecule has 2 aromatic carbocycles. The Labute approximate surface area is 160 Å². The predicted molar refractivity (Wildman–Crippen MR) is 108 cm³/mol. The highest BCUT2D eigenvalue weighted by atomic mass is 16.2. The molecule has 0 radical (unpaired) electrons. The number of amides is 2. The number of nitrogens with one attached hydrogen (secondary N) is 1. The van der Waals surface area contributed by atoms with Crippen molar-refractivity contribution in [3.8, 4) is 0 Å². The molecule has 27 heavy (non-hydrogen) atoms. The molecule has 0 aromatic heterocycles. The molecule has 4 heteroatoms. The van der Waals surface area contributed by atoms with E-state index in [1.165, 1.54) is 0 Å². The number of hydrogen-bond acceptors (Lipinski definition) is 3. The molecule has 0 aliphatic carbocycles. The largest absolute Gasteiger partial charge is 0.368 e. The van der Waals surface area contributed by atoms with Crippen LogP contribution in [-0.2, 0) is 22.6 Å². The summed E-state index contributed by atoms with van der Waals surface area (Å²) in [5, 5.41) is 2.59. The number of carbonyl (C=O) groups is 2. The first kappa shape index (κ1) is 18.9. The van der Waals surface area contributed by atoms with Crippen molar-refractivity contribution >= 4 is 17.4 Å². The molecule has 4 nitrogen and oxygen atoms in total. The number of allylic oxidation sites excluding steroid dienone is 1. The van der Waals surface area contributed by atoms with Gasteiger partial charge in [-0.25, -0.2) is 0 Å². The van der Waals surface area contributed by atoms with Gasteiger partial charge in [-0.2, -0.15) is 0 Å². The summed E-state index contributed by atoms with van der Waals surface area (Å²) in [5.41, 5.74) is 4.62. The van der Waals surface area contributed by atoms with Gasteiger partial charge in [0.05, 0.1) is 5.57 Å². The summed E-state index contributed by atoms with van der Waals surface area (Å²) in [4.78, 5) is 27.5. The molecule has 1 aliphatic heterocycles. The van der Waals surface area contributed by atoms with Gasteiger partial charge in [0, 0.05) is 24.7 Å². The number of aryl methyl sites for hydroxylation is 1. The van der Waals surface area contributed by atoms with E-state index in [1.807, 2.05) is 61.5 Å². The van der Waals surface area contributed by atoms with Gasteiger partial charge in [-0.1, -0.05) is 54.6 Å². The normalized spacial score (nSPS) is 13.6. The van der Waals surface area contributed by atoms with Gasteiger partial charge in [-0.05, 0) is 43.9 Å². The Morgan fingerprint density at radius 3 is 2.41 bits per heavy atom. The Bertz CT molecular complexity index is 869. The standard InChI is InChI=1S/C23H26N2O2/c1-16(2)25-15-19-11-7-8-12-20(19)22(17(25)3)23(27)24-21(26)14-13-18-9-5-4-6-10-18/h4-12,16H,13-15H2,1-3H3,(H,24,26,27). The van der Waals surface area contributed by atoms with Crippen molar-refractivity contribution in [1.29, 1.82) is 0 Å². The number of benzene rings is 2. The van der Waals surface area contributed by atoms with Crippen molar-refractivity contribution in [2.24, 2.45) is 0 Å². The summed E-state index contributed by atoms with van der Waals surface area (Å²) in [6, 6.07) is 18.0. The highest BCUT2D eigenvalue weighted by molar-refractivity contribution is 6.24. The van der Waals surface area contributed by atoms with E-state index in [-0.39, 0.29) is 24.3 Å². The second-order valence-corrected chi connectivity index (χ2v) is 7.20. The predicted octanol–water partition coefficient (Wildman–Crippen LogP) is 3.92. The minimum absolute atomic E-state index is 0.247. The molecular formula is C23H26N2O2. The highest BCUT2D eigenvalue weighted by Crippen LogP contribution is 2.32. The van der Waals surface area contributed by atoms with Crippen LogP contribution in [0.2, 0.25) is 0 Å². The molecule has 0 spiro atoms. The lowest BCUT2D eigenvalue weighted by Crippen LogP contribution is -2.38. The van der Waals surface area contributed by atoms with Crippen molar-refractivity contribution < 1.29 is 9.59 Å². The number of nitrogens with zero attached hydrogens (tertiary/aromatic N) is 1. The van der Waals surface area contributed by atoms with E-state index in [0.29, 0.717) is 12.0 Å². The fourth-order valence-electron chi connectivity index (χ4n) is 3.55. The Hall–Kier alpha value is -2.88. The summed E-state index contributed by atoms with van der Waals surface area (Å²) in [6.45, 7) is 6.95. The van der Waals surface area contributed by atoms with Crippen molar-refractivity contribution in [3.63, 3.8) is 0 Å². The van der Waals surface area contributed by atoms with Crippen LogP contribution >= 0.6 is 0 Å². The maximum Gasteiger partial charge on any atom is 0.260 e. The maximum atomic E-state index is 12.9. The second kappa shape index (κ2) is 8.21. The Morgan fingerprint density at radius 1 is 1.04 bits per heavy atom. The third-order valence-electron chi connectivity index (χ3n) is 5.01. The molecular weight excluding hydrogens is 336 g/mol. The van der Waals surface area contributed by atoms with Crippen LogP contribution < -0.4 is 5.32 Å². The molecule has 1 N–H and O–H groups in total. The number of imide groups is 1. The quantitative estimate of drug-likeness (QED) is 0.877. The van der Waals surface area contributed by atoms with E-state index in [0.717, 1.165) is 28.9 Å². The first-order chi connectivity index (χ1) is 13.0. The van der Waals surface area contributed by atoms with Crippen molar-refractivity contribution in [1.82, 2.24) is 10.2 Å². The van der Waals surface area contributed by atoms with Gasteiger partial charge in [-0.3, -0.25) is 14.9 Å². The molecule has 2 aromatic rings. The number of hydrogen-bond donors (Lipinski definition) is 1. The van der Waals surface area contributed by atoms with Gasteiger partial charge >= 0.3 is 0 Å². The Balaban J connectivity index is 1.77. The number of carbonyl (C=O) groups excluding carboxylic acids is 2. The molecule has 3 rings (SSSR count). The third kappa shape index (κ3) is 4.27. The van der Waals surface area contributed by atoms with Crippen molar-refractivity contribution in [2.75, 3.05) is 0 Å². The zero-order chi connectivity index (χ0) is 19.4. The summed E-state index contributed by atoms with van der Waals surface area (Å²) in [6.07, 6.45) is 0.907. The highest BCUT2D eigenvalue weighted by Gasteiger charge is 2.28.